The predicted octanol–water partition coefficient (Wildman–Crippen LogP) is 18.2. The van der Waals surface area contributed by atoms with Crippen molar-refractivity contribution in [1.82, 2.24) is 0 Å². The van der Waals surface area contributed by atoms with E-state index in [0.717, 1.165) is 17.1 Å². The van der Waals surface area contributed by atoms with Crippen molar-refractivity contribution >= 4 is 92.5 Å². The van der Waals surface area contributed by atoms with Gasteiger partial charge in [-0.25, -0.2) is 0 Å². The summed E-state index contributed by atoms with van der Waals surface area (Å²) in [5.74, 6) is 0. The summed E-state index contributed by atoms with van der Waals surface area (Å²) in [5.41, 5.74) is 10.6. The van der Waals surface area contributed by atoms with Gasteiger partial charge in [0.1, 0.15) is 0 Å². The fourth-order valence-corrected chi connectivity index (χ4v) is 10.5. The molecule has 1 nitrogen and oxygen atoms in total. The van der Waals surface area contributed by atoms with Gasteiger partial charge in [-0.3, -0.25) is 0 Å². The lowest BCUT2D eigenvalue weighted by Crippen LogP contribution is -2.10. The van der Waals surface area contributed by atoms with Crippen LogP contribution in [0, 0.1) is 0 Å². The molecule has 0 atom stereocenters. The summed E-state index contributed by atoms with van der Waals surface area (Å²) in [5, 5.41) is 17.8. The lowest BCUT2D eigenvalue weighted by atomic mass is 9.92. The van der Waals surface area contributed by atoms with Crippen LogP contribution < -0.4 is 4.90 Å². The molecule has 0 radical (unpaired) electrons. The van der Waals surface area contributed by atoms with E-state index >= 15 is 0 Å². The SMILES string of the molecule is c1cc(-c2ccc(N(c3ccc(-c4cc5ccccc5c5ccccc45)cc3)c3ccc4c5ccccc5c5ccccc5c4c3)cc2)cc(-c2cc3ccccc3c3ccccc23)c1. The van der Waals surface area contributed by atoms with Crippen molar-refractivity contribution < 1.29 is 0 Å². The zero-order chi connectivity index (χ0) is 42.8. The zero-order valence-corrected chi connectivity index (χ0v) is 35.6. The van der Waals surface area contributed by atoms with Crippen LogP contribution in [0.1, 0.15) is 0 Å². The summed E-state index contributed by atoms with van der Waals surface area (Å²) in [6.07, 6.45) is 0. The van der Waals surface area contributed by atoms with Gasteiger partial charge >= 0.3 is 0 Å². The molecule has 0 aliphatic carbocycles. The minimum atomic E-state index is 1.10. The number of rotatable bonds is 6. The van der Waals surface area contributed by atoms with Crippen LogP contribution in [0.5, 0.6) is 0 Å². The topological polar surface area (TPSA) is 3.24 Å². The molecule has 1 heteroatoms. The number of anilines is 3. The Hall–Kier alpha value is -8.52. The predicted molar refractivity (Wildman–Crippen MR) is 280 cm³/mol. The Labute approximate surface area is 377 Å². The molecule has 0 saturated heterocycles. The van der Waals surface area contributed by atoms with E-state index in [1.165, 1.54) is 109 Å². The van der Waals surface area contributed by atoms with Crippen molar-refractivity contribution in [2.75, 3.05) is 4.90 Å². The number of fused-ring (bicyclic) bond motifs is 12. The van der Waals surface area contributed by atoms with E-state index < -0.39 is 0 Å². The maximum absolute atomic E-state index is 2.41. The van der Waals surface area contributed by atoms with Gasteiger partial charge in [-0.15, -0.1) is 0 Å². The summed E-state index contributed by atoms with van der Waals surface area (Å²) >= 11 is 0. The Bertz CT molecular complexity index is 3960. The highest BCUT2D eigenvalue weighted by atomic mass is 15.1. The molecule has 13 aromatic carbocycles. The van der Waals surface area contributed by atoms with Gasteiger partial charge in [-0.2, -0.15) is 0 Å². The molecule has 0 N–H and O–H groups in total. The van der Waals surface area contributed by atoms with Crippen LogP contribution in [0.4, 0.5) is 17.1 Å². The lowest BCUT2D eigenvalue weighted by molar-refractivity contribution is 1.29. The number of hydrogen-bond acceptors (Lipinski definition) is 1. The van der Waals surface area contributed by atoms with E-state index in [9.17, 15) is 0 Å². The monoisotopic (exact) mass is 823 g/mol. The minimum Gasteiger partial charge on any atom is -0.310 e. The highest BCUT2D eigenvalue weighted by molar-refractivity contribution is 6.26. The molecule has 65 heavy (non-hydrogen) atoms. The Kier molecular flexibility index (Phi) is 8.60. The molecule has 0 aliphatic rings. The number of benzene rings is 13. The summed E-state index contributed by atoms with van der Waals surface area (Å²) in [6.45, 7) is 0. The Morgan fingerprint density at radius 2 is 0.554 bits per heavy atom. The van der Waals surface area contributed by atoms with E-state index in [2.05, 4.69) is 254 Å². The quantitative estimate of drug-likeness (QED) is 0.151. The molecule has 0 fully saturated rings. The molecular formula is C64H41N. The smallest absolute Gasteiger partial charge is 0.0468 e. The third-order valence-corrected chi connectivity index (χ3v) is 13.6. The van der Waals surface area contributed by atoms with Crippen LogP contribution in [-0.2, 0) is 0 Å². The van der Waals surface area contributed by atoms with Gasteiger partial charge in [0.2, 0.25) is 0 Å². The zero-order valence-electron chi connectivity index (χ0n) is 35.6. The molecule has 0 amide bonds. The van der Waals surface area contributed by atoms with Crippen molar-refractivity contribution in [3.05, 3.63) is 249 Å². The Morgan fingerprint density at radius 1 is 0.185 bits per heavy atom. The molecule has 13 aromatic rings. The second-order valence-corrected chi connectivity index (χ2v) is 17.2. The van der Waals surface area contributed by atoms with Gasteiger partial charge in [0.25, 0.3) is 0 Å². The molecular weight excluding hydrogens is 783 g/mol. The van der Waals surface area contributed by atoms with Crippen molar-refractivity contribution in [2.45, 2.75) is 0 Å². The summed E-state index contributed by atoms with van der Waals surface area (Å²) in [7, 11) is 0. The second-order valence-electron chi connectivity index (χ2n) is 17.2. The molecule has 0 aromatic heterocycles. The van der Waals surface area contributed by atoms with E-state index in [1.807, 2.05) is 0 Å². The first kappa shape index (κ1) is 37.1. The highest BCUT2D eigenvalue weighted by Gasteiger charge is 2.18. The van der Waals surface area contributed by atoms with Crippen molar-refractivity contribution in [2.24, 2.45) is 0 Å². The highest BCUT2D eigenvalue weighted by Crippen LogP contribution is 2.43. The van der Waals surface area contributed by atoms with Gasteiger partial charge in [0.05, 0.1) is 0 Å². The summed E-state index contributed by atoms with van der Waals surface area (Å²) in [4.78, 5) is 2.41. The first-order valence-corrected chi connectivity index (χ1v) is 22.5. The van der Waals surface area contributed by atoms with Gasteiger partial charge in [0.15, 0.2) is 0 Å². The van der Waals surface area contributed by atoms with E-state index in [0.29, 0.717) is 0 Å². The van der Waals surface area contributed by atoms with Crippen LogP contribution in [0.25, 0.3) is 109 Å². The van der Waals surface area contributed by atoms with E-state index in [1.54, 1.807) is 0 Å². The van der Waals surface area contributed by atoms with Crippen LogP contribution in [0.15, 0.2) is 249 Å². The average molecular weight is 824 g/mol. The summed E-state index contributed by atoms with van der Waals surface area (Å²) < 4.78 is 0. The normalized spacial score (nSPS) is 11.7. The van der Waals surface area contributed by atoms with Gasteiger partial charge < -0.3 is 4.90 Å². The molecule has 0 spiro atoms. The van der Waals surface area contributed by atoms with Crippen molar-refractivity contribution in [3.63, 3.8) is 0 Å². The van der Waals surface area contributed by atoms with Crippen LogP contribution in [0.3, 0.4) is 0 Å². The van der Waals surface area contributed by atoms with Gasteiger partial charge in [0, 0.05) is 17.1 Å². The maximum atomic E-state index is 2.41. The third-order valence-electron chi connectivity index (χ3n) is 13.6. The Balaban J connectivity index is 0.944. The number of hydrogen-bond donors (Lipinski definition) is 0. The minimum absolute atomic E-state index is 1.10. The maximum Gasteiger partial charge on any atom is 0.0468 e. The fraction of sp³-hybridized carbons (Fsp3) is 0. The van der Waals surface area contributed by atoms with Crippen LogP contribution in [0.2, 0.25) is 0 Å². The van der Waals surface area contributed by atoms with E-state index in [4.69, 9.17) is 0 Å². The molecule has 302 valence electrons. The molecule has 0 saturated carbocycles. The third kappa shape index (κ3) is 6.16. The molecule has 0 bridgehead atoms. The van der Waals surface area contributed by atoms with E-state index in [-0.39, 0.29) is 0 Å². The molecule has 0 unspecified atom stereocenters. The van der Waals surface area contributed by atoms with Crippen LogP contribution in [-0.4, -0.2) is 0 Å². The average Bonchev–Trinajstić information content (AvgIpc) is 3.39. The molecule has 0 heterocycles. The van der Waals surface area contributed by atoms with Gasteiger partial charge in [-0.05, 0) is 163 Å². The molecule has 0 aliphatic heterocycles. The van der Waals surface area contributed by atoms with Crippen LogP contribution >= 0.6 is 0 Å². The first-order valence-electron chi connectivity index (χ1n) is 22.5. The van der Waals surface area contributed by atoms with Crippen molar-refractivity contribution in [3.8, 4) is 33.4 Å². The number of nitrogens with zero attached hydrogens (tertiary/aromatic N) is 1. The summed E-state index contributed by atoms with van der Waals surface area (Å²) in [6, 6.07) is 91.6. The van der Waals surface area contributed by atoms with Crippen molar-refractivity contribution in [1.29, 1.82) is 0 Å². The lowest BCUT2D eigenvalue weighted by Gasteiger charge is -2.27. The largest absolute Gasteiger partial charge is 0.310 e. The fourth-order valence-electron chi connectivity index (χ4n) is 10.5. The first-order chi connectivity index (χ1) is 32.2. The standard InChI is InChI=1S/C64H41N/c1-3-18-51-46(14-1)39-62(58-25-10-5-20-53(51)58)43-30-34-49(35-31-43)65(50-36-37-61-57-24-8-7-22-55(57)56-23-9-12-27-60(56)64(61)41-50)48-32-28-42(29-33-48)44-16-13-17-45(38-44)63-40-47-15-2-4-19-52(47)54-21-6-11-26-59(54)63/h1-41H. The molecule has 13 rings (SSSR count). The Morgan fingerprint density at radius 3 is 1.08 bits per heavy atom. The second kappa shape index (κ2) is 15.1. The van der Waals surface area contributed by atoms with Gasteiger partial charge in [-0.1, -0.05) is 194 Å².